The summed E-state index contributed by atoms with van der Waals surface area (Å²) >= 11 is 9.15. The smallest absolute Gasteiger partial charge is 0.188 e. The molecular formula is C17H15BrN2OS. The highest BCUT2D eigenvalue weighted by molar-refractivity contribution is 9.10. The number of fused-ring (bicyclic) bond motifs is 4. The largest absolute Gasteiger partial charge is 0.467 e. The molecule has 2 aliphatic rings. The Labute approximate surface area is 143 Å². The maximum absolute atomic E-state index is 6.36. The van der Waals surface area contributed by atoms with Crippen LogP contribution in [0.3, 0.4) is 0 Å². The minimum atomic E-state index is -0.477. The van der Waals surface area contributed by atoms with Gasteiger partial charge in [0, 0.05) is 22.1 Å². The van der Waals surface area contributed by atoms with Crippen LogP contribution < -0.4 is 15.0 Å². The van der Waals surface area contributed by atoms with Crippen molar-refractivity contribution in [2.24, 2.45) is 0 Å². The third-order valence-corrected chi connectivity index (χ3v) is 5.04. The molecule has 0 saturated carbocycles. The number of hydrogen-bond donors (Lipinski definition) is 1. The number of benzene rings is 2. The van der Waals surface area contributed by atoms with Gasteiger partial charge in [0.1, 0.15) is 5.75 Å². The molecule has 22 heavy (non-hydrogen) atoms. The first-order valence-corrected chi connectivity index (χ1v) is 8.41. The molecule has 2 aromatic rings. The zero-order valence-electron chi connectivity index (χ0n) is 12.0. The highest BCUT2D eigenvalue weighted by Crippen LogP contribution is 2.46. The minimum absolute atomic E-state index is 0.179. The quantitative estimate of drug-likeness (QED) is 0.748. The molecule has 2 aromatic carbocycles. The predicted octanol–water partition coefficient (Wildman–Crippen LogP) is 4.38. The van der Waals surface area contributed by atoms with Gasteiger partial charge < -0.3 is 10.1 Å². The molecule has 0 spiro atoms. The summed E-state index contributed by atoms with van der Waals surface area (Å²) < 4.78 is 7.41. The van der Waals surface area contributed by atoms with Crippen molar-refractivity contribution in [2.45, 2.75) is 25.1 Å². The van der Waals surface area contributed by atoms with Crippen LogP contribution in [0, 0.1) is 0 Å². The highest BCUT2D eigenvalue weighted by Gasteiger charge is 2.48. The standard InChI is InChI=1S/C17H15BrN2OS/c1-17-10-14(13-9-11(18)7-8-15(13)21-17)19-16(22)20(17)12-5-3-2-4-6-12/h2-9,14H,10H2,1H3,(H,19,22)/t14-,17-/m1/s1. The van der Waals surface area contributed by atoms with E-state index in [1.807, 2.05) is 30.3 Å². The van der Waals surface area contributed by atoms with Crippen molar-refractivity contribution in [3.8, 4) is 5.75 Å². The maximum atomic E-state index is 6.36. The molecule has 2 atom stereocenters. The Bertz CT molecular complexity index is 752. The van der Waals surface area contributed by atoms with Gasteiger partial charge in [0.2, 0.25) is 0 Å². The lowest BCUT2D eigenvalue weighted by atomic mass is 9.90. The molecule has 2 bridgehead atoms. The summed E-state index contributed by atoms with van der Waals surface area (Å²) in [5.41, 5.74) is 1.72. The summed E-state index contributed by atoms with van der Waals surface area (Å²) in [6, 6.07) is 16.5. The van der Waals surface area contributed by atoms with Crippen molar-refractivity contribution in [1.29, 1.82) is 0 Å². The van der Waals surface area contributed by atoms with E-state index in [-0.39, 0.29) is 6.04 Å². The highest BCUT2D eigenvalue weighted by atomic mass is 79.9. The van der Waals surface area contributed by atoms with Gasteiger partial charge in [0.05, 0.1) is 6.04 Å². The van der Waals surface area contributed by atoms with E-state index in [1.54, 1.807) is 0 Å². The molecule has 0 aromatic heterocycles. The van der Waals surface area contributed by atoms with E-state index in [2.05, 4.69) is 51.3 Å². The first kappa shape index (κ1) is 14.0. The number of halogens is 1. The van der Waals surface area contributed by atoms with Crippen molar-refractivity contribution in [2.75, 3.05) is 4.90 Å². The van der Waals surface area contributed by atoms with Gasteiger partial charge in [-0.3, -0.25) is 4.90 Å². The molecule has 112 valence electrons. The molecule has 2 aliphatic heterocycles. The molecule has 3 nitrogen and oxygen atoms in total. The van der Waals surface area contributed by atoms with Crippen LogP contribution in [0.4, 0.5) is 5.69 Å². The van der Waals surface area contributed by atoms with E-state index in [1.165, 1.54) is 0 Å². The number of rotatable bonds is 1. The van der Waals surface area contributed by atoms with Crippen LogP contribution in [-0.2, 0) is 0 Å². The van der Waals surface area contributed by atoms with Crippen molar-refractivity contribution in [3.63, 3.8) is 0 Å². The summed E-state index contributed by atoms with van der Waals surface area (Å²) in [6.07, 6.45) is 0.839. The van der Waals surface area contributed by atoms with E-state index >= 15 is 0 Å². The van der Waals surface area contributed by atoms with E-state index in [0.29, 0.717) is 5.11 Å². The molecule has 2 heterocycles. The minimum Gasteiger partial charge on any atom is -0.467 e. The number of ether oxygens (including phenoxy) is 1. The van der Waals surface area contributed by atoms with E-state index in [9.17, 15) is 0 Å². The average molecular weight is 375 g/mol. The van der Waals surface area contributed by atoms with Gasteiger partial charge in [-0.1, -0.05) is 34.1 Å². The van der Waals surface area contributed by atoms with E-state index in [4.69, 9.17) is 17.0 Å². The number of nitrogens with zero attached hydrogens (tertiary/aromatic N) is 1. The van der Waals surface area contributed by atoms with Gasteiger partial charge in [-0.15, -0.1) is 0 Å². The lowest BCUT2D eigenvalue weighted by Gasteiger charge is -2.52. The zero-order valence-corrected chi connectivity index (χ0v) is 14.4. The molecule has 4 rings (SSSR count). The van der Waals surface area contributed by atoms with Gasteiger partial charge in [0.15, 0.2) is 10.8 Å². The van der Waals surface area contributed by atoms with Gasteiger partial charge in [-0.05, 0) is 49.5 Å². The topological polar surface area (TPSA) is 24.5 Å². The summed E-state index contributed by atoms with van der Waals surface area (Å²) in [4.78, 5) is 2.07. The molecule has 0 radical (unpaired) electrons. The Morgan fingerprint density at radius 3 is 2.82 bits per heavy atom. The normalized spacial score (nSPS) is 26.0. The second-order valence-corrected chi connectivity index (χ2v) is 7.14. The van der Waals surface area contributed by atoms with Gasteiger partial charge in [0.25, 0.3) is 0 Å². The van der Waals surface area contributed by atoms with Gasteiger partial charge in [-0.2, -0.15) is 0 Å². The Morgan fingerprint density at radius 1 is 1.27 bits per heavy atom. The van der Waals surface area contributed by atoms with Crippen LogP contribution in [-0.4, -0.2) is 10.8 Å². The first-order chi connectivity index (χ1) is 10.6. The van der Waals surface area contributed by atoms with Crippen molar-refractivity contribution in [1.82, 2.24) is 5.32 Å². The molecule has 0 unspecified atom stereocenters. The summed E-state index contributed by atoms with van der Waals surface area (Å²) in [5, 5.41) is 4.17. The van der Waals surface area contributed by atoms with E-state index < -0.39 is 5.72 Å². The second-order valence-electron chi connectivity index (χ2n) is 5.84. The Morgan fingerprint density at radius 2 is 2.05 bits per heavy atom. The fraction of sp³-hybridized carbons (Fsp3) is 0.235. The van der Waals surface area contributed by atoms with Crippen LogP contribution in [0.25, 0.3) is 0 Å². The number of anilines is 1. The van der Waals surface area contributed by atoms with Crippen molar-refractivity contribution < 1.29 is 4.74 Å². The van der Waals surface area contributed by atoms with Crippen LogP contribution in [0.2, 0.25) is 0 Å². The van der Waals surface area contributed by atoms with Crippen LogP contribution in [0.15, 0.2) is 53.0 Å². The fourth-order valence-corrected chi connectivity index (χ4v) is 4.13. The third kappa shape index (κ3) is 2.11. The number of para-hydroxylation sites is 1. The Balaban J connectivity index is 1.81. The lowest BCUT2D eigenvalue weighted by molar-refractivity contribution is 0.0497. The number of nitrogens with one attached hydrogen (secondary N) is 1. The molecule has 1 saturated heterocycles. The van der Waals surface area contributed by atoms with Crippen molar-refractivity contribution >= 4 is 38.9 Å². The lowest BCUT2D eigenvalue weighted by Crippen LogP contribution is -2.65. The Kier molecular flexibility index (Phi) is 3.16. The molecule has 1 N–H and O–H groups in total. The summed E-state index contributed by atoms with van der Waals surface area (Å²) in [6.45, 7) is 2.10. The summed E-state index contributed by atoms with van der Waals surface area (Å²) in [5.74, 6) is 0.915. The summed E-state index contributed by atoms with van der Waals surface area (Å²) in [7, 11) is 0. The second kappa shape index (κ2) is 4.96. The van der Waals surface area contributed by atoms with Gasteiger partial charge >= 0.3 is 0 Å². The SMILES string of the molecule is C[C@@]12C[C@@H](NC(=S)N1c1ccccc1)c1cc(Br)ccc1O2. The van der Waals surface area contributed by atoms with Crippen molar-refractivity contribution in [3.05, 3.63) is 58.6 Å². The monoisotopic (exact) mass is 374 g/mol. The molecular weight excluding hydrogens is 360 g/mol. The molecule has 5 heteroatoms. The Hall–Kier alpha value is -1.59. The molecule has 0 aliphatic carbocycles. The third-order valence-electron chi connectivity index (χ3n) is 4.25. The average Bonchev–Trinajstić information content (AvgIpc) is 2.48. The first-order valence-electron chi connectivity index (χ1n) is 7.21. The maximum Gasteiger partial charge on any atom is 0.188 e. The van der Waals surface area contributed by atoms with Crippen LogP contribution >= 0.6 is 28.1 Å². The molecule has 1 fully saturated rings. The molecule has 0 amide bonds. The zero-order chi connectivity index (χ0) is 15.3. The van der Waals surface area contributed by atoms with Crippen LogP contribution in [0.5, 0.6) is 5.75 Å². The van der Waals surface area contributed by atoms with E-state index in [0.717, 1.165) is 27.9 Å². The fourth-order valence-electron chi connectivity index (χ4n) is 3.31. The number of thiocarbonyl (C=S) groups is 1. The van der Waals surface area contributed by atoms with Gasteiger partial charge in [-0.25, -0.2) is 0 Å². The predicted molar refractivity (Wildman–Crippen MR) is 95.2 cm³/mol. The van der Waals surface area contributed by atoms with Crippen LogP contribution in [0.1, 0.15) is 24.9 Å². The number of hydrogen-bond acceptors (Lipinski definition) is 2.